The SMILES string of the molecule is CNC1CSCC1c1nc(-c2cc(Cl)cc(Cl)c2)no1. The Morgan fingerprint density at radius 1 is 1.25 bits per heavy atom. The van der Waals surface area contributed by atoms with Gasteiger partial charge in [-0.2, -0.15) is 16.7 Å². The Morgan fingerprint density at radius 3 is 2.70 bits per heavy atom. The second kappa shape index (κ2) is 5.93. The normalized spacial score (nSPS) is 22.4. The molecule has 0 bridgehead atoms. The number of hydrogen-bond donors (Lipinski definition) is 1. The van der Waals surface area contributed by atoms with Crippen LogP contribution in [0.2, 0.25) is 10.0 Å². The summed E-state index contributed by atoms with van der Waals surface area (Å²) in [5.74, 6) is 3.49. The van der Waals surface area contributed by atoms with E-state index < -0.39 is 0 Å². The molecule has 7 heteroatoms. The minimum absolute atomic E-state index is 0.251. The minimum atomic E-state index is 0.251. The molecule has 0 saturated carbocycles. The third kappa shape index (κ3) is 2.81. The van der Waals surface area contributed by atoms with E-state index in [0.717, 1.165) is 17.1 Å². The largest absolute Gasteiger partial charge is 0.339 e. The smallest absolute Gasteiger partial charge is 0.232 e. The monoisotopic (exact) mass is 329 g/mol. The van der Waals surface area contributed by atoms with Gasteiger partial charge in [-0.15, -0.1) is 0 Å². The molecule has 0 radical (unpaired) electrons. The molecule has 1 aromatic carbocycles. The van der Waals surface area contributed by atoms with Gasteiger partial charge in [0.15, 0.2) is 0 Å². The summed E-state index contributed by atoms with van der Waals surface area (Å²) >= 11 is 13.9. The van der Waals surface area contributed by atoms with E-state index in [1.54, 1.807) is 18.2 Å². The van der Waals surface area contributed by atoms with Crippen LogP contribution in [0.25, 0.3) is 11.4 Å². The van der Waals surface area contributed by atoms with Crippen molar-refractivity contribution in [1.29, 1.82) is 0 Å². The Kier molecular flexibility index (Phi) is 4.21. The molecule has 2 aromatic rings. The maximum absolute atomic E-state index is 6.00. The van der Waals surface area contributed by atoms with Gasteiger partial charge in [0.1, 0.15) is 0 Å². The topological polar surface area (TPSA) is 51.0 Å². The van der Waals surface area contributed by atoms with E-state index in [0.29, 0.717) is 27.8 Å². The fourth-order valence-electron chi connectivity index (χ4n) is 2.27. The molecule has 2 atom stereocenters. The van der Waals surface area contributed by atoms with E-state index in [1.807, 2.05) is 18.8 Å². The van der Waals surface area contributed by atoms with Crippen LogP contribution >= 0.6 is 35.0 Å². The lowest BCUT2D eigenvalue weighted by atomic mass is 10.0. The fraction of sp³-hybridized carbons (Fsp3) is 0.385. The first kappa shape index (κ1) is 14.2. The van der Waals surface area contributed by atoms with Crippen LogP contribution in [0.4, 0.5) is 0 Å². The summed E-state index contributed by atoms with van der Waals surface area (Å²) in [6.45, 7) is 0. The molecular formula is C13H13Cl2N3OS. The summed E-state index contributed by atoms with van der Waals surface area (Å²) in [6, 6.07) is 5.61. The molecule has 2 heterocycles. The number of halogens is 2. The molecule has 20 heavy (non-hydrogen) atoms. The molecule has 0 spiro atoms. The highest BCUT2D eigenvalue weighted by atomic mass is 35.5. The summed E-state index contributed by atoms with van der Waals surface area (Å²) in [4.78, 5) is 4.49. The van der Waals surface area contributed by atoms with Crippen LogP contribution in [0, 0.1) is 0 Å². The van der Waals surface area contributed by atoms with Crippen LogP contribution in [-0.2, 0) is 0 Å². The van der Waals surface area contributed by atoms with E-state index in [9.17, 15) is 0 Å². The summed E-state index contributed by atoms with van der Waals surface area (Å²) in [5, 5.41) is 8.45. The molecule has 1 aliphatic heterocycles. The van der Waals surface area contributed by atoms with E-state index in [-0.39, 0.29) is 5.92 Å². The van der Waals surface area contributed by atoms with Crippen molar-refractivity contribution in [2.75, 3.05) is 18.6 Å². The molecule has 3 rings (SSSR count). The summed E-state index contributed by atoms with van der Waals surface area (Å²) in [6.07, 6.45) is 0. The van der Waals surface area contributed by atoms with Gasteiger partial charge in [0.05, 0.1) is 5.92 Å². The first-order valence-electron chi connectivity index (χ1n) is 6.22. The number of likely N-dealkylation sites (N-methyl/N-ethyl adjacent to an activating group) is 1. The molecular weight excluding hydrogens is 317 g/mol. The van der Waals surface area contributed by atoms with Crippen LogP contribution in [0.15, 0.2) is 22.7 Å². The van der Waals surface area contributed by atoms with Crippen molar-refractivity contribution in [1.82, 2.24) is 15.5 Å². The van der Waals surface area contributed by atoms with E-state index in [1.165, 1.54) is 0 Å². The Balaban J connectivity index is 1.90. The molecule has 2 unspecified atom stereocenters. The van der Waals surface area contributed by atoms with Gasteiger partial charge < -0.3 is 9.84 Å². The minimum Gasteiger partial charge on any atom is -0.339 e. The number of hydrogen-bond acceptors (Lipinski definition) is 5. The van der Waals surface area contributed by atoms with Crippen molar-refractivity contribution >= 4 is 35.0 Å². The second-order valence-electron chi connectivity index (χ2n) is 4.65. The van der Waals surface area contributed by atoms with Crippen LogP contribution in [0.3, 0.4) is 0 Å². The highest BCUT2D eigenvalue weighted by Gasteiger charge is 2.32. The lowest BCUT2D eigenvalue weighted by molar-refractivity contribution is 0.344. The van der Waals surface area contributed by atoms with Gasteiger partial charge in [0, 0.05) is 33.2 Å². The molecule has 106 valence electrons. The van der Waals surface area contributed by atoms with Gasteiger partial charge >= 0.3 is 0 Å². The number of nitrogens with one attached hydrogen (secondary N) is 1. The average molecular weight is 330 g/mol. The van der Waals surface area contributed by atoms with Gasteiger partial charge in [-0.25, -0.2) is 0 Å². The van der Waals surface area contributed by atoms with Crippen LogP contribution in [0.1, 0.15) is 11.8 Å². The van der Waals surface area contributed by atoms with Crippen molar-refractivity contribution in [2.24, 2.45) is 0 Å². The van der Waals surface area contributed by atoms with Crippen molar-refractivity contribution < 1.29 is 4.52 Å². The van der Waals surface area contributed by atoms with E-state index in [4.69, 9.17) is 27.7 Å². The van der Waals surface area contributed by atoms with Crippen molar-refractivity contribution in [2.45, 2.75) is 12.0 Å². The quantitative estimate of drug-likeness (QED) is 0.934. The third-order valence-corrected chi connectivity index (χ3v) is 4.96. The number of nitrogens with zero attached hydrogens (tertiary/aromatic N) is 2. The van der Waals surface area contributed by atoms with Crippen molar-refractivity contribution in [3.8, 4) is 11.4 Å². The summed E-state index contributed by atoms with van der Waals surface area (Å²) in [5.41, 5.74) is 0.768. The molecule has 1 fully saturated rings. The first-order valence-corrected chi connectivity index (χ1v) is 8.13. The lowest BCUT2D eigenvalue weighted by Crippen LogP contribution is -2.31. The molecule has 0 aliphatic carbocycles. The Morgan fingerprint density at radius 2 is 2.00 bits per heavy atom. The molecule has 4 nitrogen and oxygen atoms in total. The third-order valence-electron chi connectivity index (χ3n) is 3.33. The average Bonchev–Trinajstić information content (AvgIpc) is 3.06. The van der Waals surface area contributed by atoms with Gasteiger partial charge in [0.2, 0.25) is 11.7 Å². The van der Waals surface area contributed by atoms with Crippen LogP contribution in [0.5, 0.6) is 0 Å². The Hall–Kier alpha value is -0.750. The van der Waals surface area contributed by atoms with Gasteiger partial charge in [-0.1, -0.05) is 28.4 Å². The number of benzene rings is 1. The Bertz CT molecular complexity index is 599. The van der Waals surface area contributed by atoms with Gasteiger partial charge in [0.25, 0.3) is 0 Å². The second-order valence-corrected chi connectivity index (χ2v) is 6.60. The number of aromatic nitrogens is 2. The van der Waals surface area contributed by atoms with E-state index in [2.05, 4.69) is 15.5 Å². The van der Waals surface area contributed by atoms with Crippen LogP contribution < -0.4 is 5.32 Å². The fourth-order valence-corrected chi connectivity index (χ4v) is 4.21. The zero-order valence-electron chi connectivity index (χ0n) is 10.8. The summed E-state index contributed by atoms with van der Waals surface area (Å²) in [7, 11) is 1.96. The van der Waals surface area contributed by atoms with Crippen molar-refractivity contribution in [3.05, 3.63) is 34.1 Å². The maximum Gasteiger partial charge on any atom is 0.232 e. The Labute approximate surface area is 131 Å². The number of thioether (sulfide) groups is 1. The highest BCUT2D eigenvalue weighted by Crippen LogP contribution is 2.33. The highest BCUT2D eigenvalue weighted by molar-refractivity contribution is 7.99. The zero-order valence-corrected chi connectivity index (χ0v) is 13.1. The van der Waals surface area contributed by atoms with Crippen molar-refractivity contribution in [3.63, 3.8) is 0 Å². The molecule has 1 aromatic heterocycles. The molecule has 0 amide bonds. The van der Waals surface area contributed by atoms with Crippen LogP contribution in [-0.4, -0.2) is 34.7 Å². The first-order chi connectivity index (χ1) is 9.67. The summed E-state index contributed by atoms with van der Waals surface area (Å²) < 4.78 is 5.41. The van der Waals surface area contributed by atoms with E-state index >= 15 is 0 Å². The predicted molar refractivity (Wildman–Crippen MR) is 82.7 cm³/mol. The molecule has 1 saturated heterocycles. The van der Waals surface area contributed by atoms with Gasteiger partial charge in [-0.3, -0.25) is 0 Å². The van der Waals surface area contributed by atoms with Gasteiger partial charge in [-0.05, 0) is 25.2 Å². The standard InChI is InChI=1S/C13H13Cl2N3OS/c1-16-11-6-20-5-10(11)13-17-12(18-19-13)7-2-8(14)4-9(15)3-7/h2-4,10-11,16H,5-6H2,1H3. The molecule has 1 aliphatic rings. The predicted octanol–water partition coefficient (Wildman–Crippen LogP) is 3.46. The zero-order chi connectivity index (χ0) is 14.1. The lowest BCUT2D eigenvalue weighted by Gasteiger charge is -2.13. The maximum atomic E-state index is 6.00. The number of rotatable bonds is 3. The molecule has 1 N–H and O–H groups in total.